The molecule has 0 aromatic heterocycles. The minimum Gasteiger partial charge on any atom is -0.502 e. The van der Waals surface area contributed by atoms with Gasteiger partial charge in [-0.1, -0.05) is 150 Å². The predicted octanol–water partition coefficient (Wildman–Crippen LogP) is 9.38. The summed E-state index contributed by atoms with van der Waals surface area (Å²) in [4.78, 5) is 105. The van der Waals surface area contributed by atoms with Gasteiger partial charge in [0.05, 0.1) is 141 Å². The van der Waals surface area contributed by atoms with Gasteiger partial charge in [0, 0.05) is 55.7 Å². The number of hydrogen-bond donors (Lipinski definition) is 16. The van der Waals surface area contributed by atoms with Gasteiger partial charge < -0.3 is 124 Å². The second-order valence-corrected chi connectivity index (χ2v) is 24.7. The molecule has 0 spiro atoms. The first kappa shape index (κ1) is 137. The van der Waals surface area contributed by atoms with Crippen LogP contribution in [0.25, 0.3) is 0 Å². The maximum absolute atomic E-state index is 11.8. The van der Waals surface area contributed by atoms with Crippen LogP contribution in [0.3, 0.4) is 0 Å². The molecule has 0 aromatic carbocycles. The quantitative estimate of drug-likeness (QED) is 0.00886. The average molecular weight is 1710 g/mol. The van der Waals surface area contributed by atoms with Crippen LogP contribution in [-0.2, 0) is 90.6 Å². The van der Waals surface area contributed by atoms with Crippen molar-refractivity contribution in [1.82, 2.24) is 0 Å². The summed E-state index contributed by atoms with van der Waals surface area (Å²) in [6.07, 6.45) is 21.9. The number of aliphatic hydroxyl groups excluding tert-OH is 10. The molecule has 688 valence electrons. The molecule has 0 amide bonds. The summed E-state index contributed by atoms with van der Waals surface area (Å²) in [7, 11) is 0. The zero-order chi connectivity index (χ0) is 96.2. The summed E-state index contributed by atoms with van der Waals surface area (Å²) in [6.45, 7) is 66.0. The van der Waals surface area contributed by atoms with E-state index in [1.807, 2.05) is 0 Å². The molecule has 0 rings (SSSR count). The lowest BCUT2D eigenvalue weighted by atomic mass is 9.92. The molecular formula is C84H142O35. The largest absolute Gasteiger partial charge is 0.502 e. The monoisotopic (exact) mass is 1710 g/mol. The molecule has 0 aliphatic rings. The number of unbranched alkanes of at least 4 members (excludes halogenated alkanes) is 9. The molecule has 0 heterocycles. The molecule has 0 atom stereocenters. The van der Waals surface area contributed by atoms with Crippen LogP contribution in [0.15, 0.2) is 199 Å². The van der Waals surface area contributed by atoms with Crippen molar-refractivity contribution >= 4 is 59.7 Å². The highest BCUT2D eigenvalue weighted by molar-refractivity contribution is 5.89. The average Bonchev–Trinajstić information content (AvgIpc) is 0.849. The molecule has 0 fully saturated rings. The minimum absolute atomic E-state index is 0.125. The third-order valence-electron chi connectivity index (χ3n) is 12.4. The lowest BCUT2D eigenvalue weighted by Gasteiger charge is -2.31. The Hall–Kier alpha value is -10.9. The first-order chi connectivity index (χ1) is 55.3. The molecule has 16 N–H and O–H groups in total. The second kappa shape index (κ2) is 97.7. The fraction of sp³-hybridized carbons (Fsp3) is 0.500. The van der Waals surface area contributed by atoms with Crippen LogP contribution < -0.4 is 0 Å². The maximum atomic E-state index is 11.8. The van der Waals surface area contributed by atoms with Crippen molar-refractivity contribution in [3.63, 3.8) is 0 Å². The van der Waals surface area contributed by atoms with Crippen molar-refractivity contribution < 1.29 is 172 Å². The fourth-order valence-electron chi connectivity index (χ4n) is 4.60. The molecule has 0 saturated carbocycles. The van der Waals surface area contributed by atoms with E-state index in [0.717, 1.165) is 52.1 Å². The number of carboxylic acids is 6. The van der Waals surface area contributed by atoms with Gasteiger partial charge in [-0.2, -0.15) is 0 Å². The van der Waals surface area contributed by atoms with Crippen LogP contribution in [-0.4, -0.2) is 260 Å². The third kappa shape index (κ3) is 116. The Morgan fingerprint density at radius 2 is 0.370 bits per heavy atom. The number of carbonyl (C=O) groups is 10. The van der Waals surface area contributed by atoms with Crippen LogP contribution in [0.4, 0.5) is 0 Å². The van der Waals surface area contributed by atoms with Crippen LogP contribution in [0.2, 0.25) is 0 Å². The van der Waals surface area contributed by atoms with E-state index < -0.39 is 129 Å². The van der Waals surface area contributed by atoms with Crippen molar-refractivity contribution in [3.05, 3.63) is 199 Å². The molecule has 35 heteroatoms. The zero-order valence-corrected chi connectivity index (χ0v) is 71.7. The summed E-state index contributed by atoms with van der Waals surface area (Å²) in [6, 6.07) is 0. The van der Waals surface area contributed by atoms with E-state index in [0.29, 0.717) is 0 Å². The van der Waals surface area contributed by atoms with Gasteiger partial charge in [0.2, 0.25) is 0 Å². The summed E-state index contributed by atoms with van der Waals surface area (Å²) in [5.74, 6) is -8.45. The van der Waals surface area contributed by atoms with Crippen molar-refractivity contribution in [3.8, 4) is 0 Å². The van der Waals surface area contributed by atoms with E-state index in [1.165, 1.54) is 152 Å². The lowest BCUT2D eigenvalue weighted by Crippen LogP contribution is -2.44. The van der Waals surface area contributed by atoms with E-state index >= 15 is 0 Å². The van der Waals surface area contributed by atoms with Gasteiger partial charge in [0.1, 0.15) is 31.8 Å². The van der Waals surface area contributed by atoms with Gasteiger partial charge in [-0.3, -0.25) is 0 Å². The molecule has 119 heavy (non-hydrogen) atoms. The molecule has 0 saturated heterocycles. The van der Waals surface area contributed by atoms with E-state index in [-0.39, 0.29) is 95.4 Å². The van der Waals surface area contributed by atoms with Gasteiger partial charge in [0.15, 0.2) is 0 Å². The third-order valence-corrected chi connectivity index (χ3v) is 12.4. The van der Waals surface area contributed by atoms with E-state index in [4.69, 9.17) is 120 Å². The number of esters is 4. The van der Waals surface area contributed by atoms with Crippen LogP contribution in [0.1, 0.15) is 140 Å². The molecule has 0 bridgehead atoms. The molecule has 0 aliphatic carbocycles. The Morgan fingerprint density at radius 1 is 0.235 bits per heavy atom. The zero-order valence-electron chi connectivity index (χ0n) is 71.7. The van der Waals surface area contributed by atoms with E-state index in [1.54, 1.807) is 0 Å². The molecule has 0 aliphatic heterocycles. The summed E-state index contributed by atoms with van der Waals surface area (Å²) < 4.78 is 45.1. The molecular weight excluding hydrogens is 1570 g/mol. The lowest BCUT2D eigenvalue weighted by molar-refractivity contribution is -0.166. The number of hydrogen-bond acceptors (Lipinski definition) is 29. The van der Waals surface area contributed by atoms with Crippen molar-refractivity contribution in [2.45, 2.75) is 140 Å². The predicted molar refractivity (Wildman–Crippen MR) is 453 cm³/mol. The van der Waals surface area contributed by atoms with Gasteiger partial charge in [0.25, 0.3) is 0 Å². The van der Waals surface area contributed by atoms with Crippen molar-refractivity contribution in [2.75, 3.05) is 119 Å². The Bertz CT molecular complexity index is 2470. The normalized spacial score (nSPS) is 9.21. The Balaban J connectivity index is -0.0000000983. The van der Waals surface area contributed by atoms with Crippen LogP contribution in [0, 0.1) is 16.2 Å². The van der Waals surface area contributed by atoms with Gasteiger partial charge >= 0.3 is 59.7 Å². The van der Waals surface area contributed by atoms with Gasteiger partial charge in [-0.15, -0.1) is 0 Å². The van der Waals surface area contributed by atoms with E-state index in [9.17, 15) is 47.9 Å². The highest BCUT2D eigenvalue weighted by Crippen LogP contribution is 2.24. The SMILES string of the molecule is C=C(C)C(=O)O.C=C(C)C(=O)O.C=C(C)C(=O)O.C=C(C)C(=O)O.C=C(C)C(=O)O.C=C(C)C(=O)O.C=C(C)C(=O)OCC(COC(=O)C(=C)C)(COC(=O)C(=C)C)COC(=O)C(=C)C.C=COC=C.C=COCCCCCCCCOC=C.C=COCCCCCCCOC=C.OCC(CO)(CO)CO.OCC(CO)(CO)CO.OCCO. The number of aliphatic carboxylic acids is 6. The standard InChI is InChI=1S/C21H28O8.C12H22O2.C11H20O2.2C5H12O4.6C4H6O2.C4H6O.C2H6O2/c1-13(2)17(22)26-9-21(10-27-18(23)14(3)4,11-28-19(24)15(5)6)12-29-20(25)16(7)8;1-3-13-11-9-7-5-6-8-10-12-14-4-2;1-3-12-10-8-6-5-7-9-11-13-4-2;2*6-1-5(2-7,3-8)4-9;6*1-3(2)4(5)6;1-3-5-4-2;3-1-2-4/h1,3,5,7,9-12H2,2,4,6,8H3;3-4H,1-2,5-12H2;3-4H,1-2,5-11H2;2*6-9H,1-4H2;6*1H2,2H3,(H,5,6);3-4H,1-2H2;3-4H,1-2H2. The summed E-state index contributed by atoms with van der Waals surface area (Å²) in [5.41, 5.74) is -2.00. The smallest absolute Gasteiger partial charge is 0.333 e. The molecule has 35 nitrogen and oxygen atoms in total. The summed E-state index contributed by atoms with van der Waals surface area (Å²) >= 11 is 0. The Kier molecular flexibility index (Phi) is 113. The highest BCUT2D eigenvalue weighted by atomic mass is 16.6. The Labute approximate surface area is 702 Å². The minimum atomic E-state index is -1.37. The Morgan fingerprint density at radius 3 is 0.445 bits per heavy atom. The first-order valence-electron chi connectivity index (χ1n) is 35.8. The molecule has 0 unspecified atom stereocenters. The summed E-state index contributed by atoms with van der Waals surface area (Å²) in [5, 5.41) is 131. The first-order valence-corrected chi connectivity index (χ1v) is 35.8. The van der Waals surface area contributed by atoms with E-state index in [2.05, 4.69) is 110 Å². The maximum Gasteiger partial charge on any atom is 0.333 e. The van der Waals surface area contributed by atoms with Gasteiger partial charge in [-0.05, 0) is 94.9 Å². The topological polar surface area (TPSA) is 577 Å². The second-order valence-electron chi connectivity index (χ2n) is 24.7. The van der Waals surface area contributed by atoms with Crippen molar-refractivity contribution in [2.24, 2.45) is 16.2 Å². The van der Waals surface area contributed by atoms with Crippen LogP contribution >= 0.6 is 0 Å². The van der Waals surface area contributed by atoms with Gasteiger partial charge in [-0.25, -0.2) is 47.9 Å². The molecule has 0 aromatic rings. The molecule has 0 radical (unpaired) electrons. The number of aliphatic hydroxyl groups is 10. The van der Waals surface area contributed by atoms with Crippen molar-refractivity contribution in [1.29, 1.82) is 0 Å². The van der Waals surface area contributed by atoms with Crippen LogP contribution in [0.5, 0.6) is 0 Å². The number of carboxylic acid groups (broad SMARTS) is 6. The fourth-order valence-corrected chi connectivity index (χ4v) is 4.60. The number of rotatable bonds is 50. The highest BCUT2D eigenvalue weighted by Gasteiger charge is 2.38. The number of ether oxygens (including phenoxy) is 9. The number of carbonyl (C=O) groups excluding carboxylic acids is 4.